The van der Waals surface area contributed by atoms with Gasteiger partial charge in [0.05, 0.1) is 6.04 Å². The van der Waals surface area contributed by atoms with E-state index >= 15 is 0 Å². The molecule has 2 N–H and O–H groups in total. The molecule has 0 heterocycles. The SMILES string of the molecule is C[C@H](NC(=O)[C@@H](C)N(C)Cc1ccccc1)C(=O)NC(C)(C)C. The molecule has 0 aliphatic carbocycles. The fourth-order valence-corrected chi connectivity index (χ4v) is 2.09. The highest BCUT2D eigenvalue weighted by Crippen LogP contribution is 2.06. The maximum Gasteiger partial charge on any atom is 0.242 e. The molecule has 0 bridgehead atoms. The van der Waals surface area contributed by atoms with Gasteiger partial charge in [-0.05, 0) is 47.2 Å². The number of benzene rings is 1. The van der Waals surface area contributed by atoms with Gasteiger partial charge in [-0.1, -0.05) is 30.3 Å². The van der Waals surface area contributed by atoms with Gasteiger partial charge in [-0.2, -0.15) is 0 Å². The lowest BCUT2D eigenvalue weighted by Crippen LogP contribution is -2.53. The molecule has 0 aliphatic rings. The lowest BCUT2D eigenvalue weighted by Gasteiger charge is -2.27. The molecule has 23 heavy (non-hydrogen) atoms. The van der Waals surface area contributed by atoms with Gasteiger partial charge in [-0.15, -0.1) is 0 Å². The summed E-state index contributed by atoms with van der Waals surface area (Å²) in [6, 6.07) is 9.10. The van der Waals surface area contributed by atoms with Gasteiger partial charge in [-0.25, -0.2) is 0 Å². The molecule has 0 spiro atoms. The largest absolute Gasteiger partial charge is 0.350 e. The summed E-state index contributed by atoms with van der Waals surface area (Å²) in [5.41, 5.74) is 0.833. The van der Waals surface area contributed by atoms with Crippen LogP contribution in [0.5, 0.6) is 0 Å². The van der Waals surface area contributed by atoms with Gasteiger partial charge in [-0.3, -0.25) is 14.5 Å². The number of carbonyl (C=O) groups excluding carboxylic acids is 2. The van der Waals surface area contributed by atoms with Crippen LogP contribution in [0.1, 0.15) is 40.2 Å². The zero-order valence-electron chi connectivity index (χ0n) is 15.0. The molecule has 1 aromatic rings. The number of nitrogens with one attached hydrogen (secondary N) is 2. The summed E-state index contributed by atoms with van der Waals surface area (Å²) in [5.74, 6) is -0.330. The number of likely N-dealkylation sites (N-methyl/N-ethyl adjacent to an activating group) is 1. The average Bonchev–Trinajstić information content (AvgIpc) is 2.45. The number of nitrogens with zero attached hydrogens (tertiary/aromatic N) is 1. The highest BCUT2D eigenvalue weighted by molar-refractivity contribution is 5.89. The Labute approximate surface area is 139 Å². The second-order valence-corrected chi connectivity index (χ2v) is 7.05. The molecule has 0 saturated carbocycles. The second kappa shape index (κ2) is 8.11. The predicted octanol–water partition coefficient (Wildman–Crippen LogP) is 1.93. The van der Waals surface area contributed by atoms with Gasteiger partial charge >= 0.3 is 0 Å². The van der Waals surface area contributed by atoms with Crippen LogP contribution in [0.3, 0.4) is 0 Å². The molecule has 1 rings (SSSR count). The number of hydrogen-bond acceptors (Lipinski definition) is 3. The van der Waals surface area contributed by atoms with Gasteiger partial charge in [0.2, 0.25) is 11.8 Å². The minimum absolute atomic E-state index is 0.153. The van der Waals surface area contributed by atoms with Crippen molar-refractivity contribution < 1.29 is 9.59 Å². The minimum atomic E-state index is -0.561. The molecule has 0 aromatic heterocycles. The van der Waals surface area contributed by atoms with Gasteiger partial charge in [0.15, 0.2) is 0 Å². The van der Waals surface area contributed by atoms with E-state index in [9.17, 15) is 9.59 Å². The second-order valence-electron chi connectivity index (χ2n) is 7.05. The molecule has 2 amide bonds. The number of carbonyl (C=O) groups is 2. The van der Waals surface area contributed by atoms with Crippen LogP contribution >= 0.6 is 0 Å². The van der Waals surface area contributed by atoms with Crippen molar-refractivity contribution in [2.75, 3.05) is 7.05 Å². The van der Waals surface area contributed by atoms with Crippen LogP contribution in [-0.4, -0.2) is 41.4 Å². The minimum Gasteiger partial charge on any atom is -0.350 e. The average molecular weight is 319 g/mol. The summed E-state index contributed by atoms with van der Waals surface area (Å²) in [4.78, 5) is 26.3. The van der Waals surface area contributed by atoms with Crippen molar-refractivity contribution in [2.45, 2.75) is 58.8 Å². The van der Waals surface area contributed by atoms with E-state index in [1.807, 2.05) is 70.0 Å². The Morgan fingerprint density at radius 3 is 2.17 bits per heavy atom. The smallest absolute Gasteiger partial charge is 0.242 e. The van der Waals surface area contributed by atoms with Crippen molar-refractivity contribution in [3.63, 3.8) is 0 Å². The van der Waals surface area contributed by atoms with Crippen LogP contribution in [-0.2, 0) is 16.1 Å². The van der Waals surface area contributed by atoms with E-state index in [1.165, 1.54) is 0 Å². The third kappa shape index (κ3) is 6.82. The van der Waals surface area contributed by atoms with Crippen molar-refractivity contribution in [3.05, 3.63) is 35.9 Å². The van der Waals surface area contributed by atoms with Crippen LogP contribution in [0, 0.1) is 0 Å². The van der Waals surface area contributed by atoms with E-state index in [0.29, 0.717) is 6.54 Å². The van der Waals surface area contributed by atoms with Crippen LogP contribution in [0.2, 0.25) is 0 Å². The fourth-order valence-electron chi connectivity index (χ4n) is 2.09. The predicted molar refractivity (Wildman–Crippen MR) is 92.9 cm³/mol. The van der Waals surface area contributed by atoms with Crippen molar-refractivity contribution in [1.82, 2.24) is 15.5 Å². The van der Waals surface area contributed by atoms with Gasteiger partial charge in [0.1, 0.15) is 6.04 Å². The Kier molecular flexibility index (Phi) is 6.76. The van der Waals surface area contributed by atoms with E-state index in [4.69, 9.17) is 0 Å². The Morgan fingerprint density at radius 1 is 1.09 bits per heavy atom. The molecule has 2 atom stereocenters. The molecule has 0 saturated heterocycles. The summed E-state index contributed by atoms with van der Waals surface area (Å²) in [7, 11) is 1.90. The van der Waals surface area contributed by atoms with Crippen LogP contribution < -0.4 is 10.6 Å². The summed E-state index contributed by atoms with van der Waals surface area (Å²) in [6.45, 7) is 9.95. The Bertz CT molecular complexity index is 523. The number of amides is 2. The molecular formula is C18H29N3O2. The molecule has 5 heteroatoms. The molecule has 128 valence electrons. The Balaban J connectivity index is 2.54. The third-order valence-corrected chi connectivity index (χ3v) is 3.57. The van der Waals surface area contributed by atoms with Crippen molar-refractivity contribution in [1.29, 1.82) is 0 Å². The first-order valence-corrected chi connectivity index (χ1v) is 7.96. The zero-order valence-corrected chi connectivity index (χ0v) is 15.0. The third-order valence-electron chi connectivity index (χ3n) is 3.57. The molecule has 0 aliphatic heterocycles. The summed E-state index contributed by atoms with van der Waals surface area (Å²) in [5, 5.41) is 5.64. The topological polar surface area (TPSA) is 61.4 Å². The van der Waals surface area contributed by atoms with E-state index in [2.05, 4.69) is 10.6 Å². The van der Waals surface area contributed by atoms with Gasteiger partial charge in [0, 0.05) is 12.1 Å². The molecule has 0 unspecified atom stereocenters. The van der Waals surface area contributed by atoms with Gasteiger partial charge in [0.25, 0.3) is 0 Å². The Morgan fingerprint density at radius 2 is 1.65 bits per heavy atom. The maximum atomic E-state index is 12.3. The van der Waals surface area contributed by atoms with Crippen LogP contribution in [0.25, 0.3) is 0 Å². The fraction of sp³-hybridized carbons (Fsp3) is 0.556. The summed E-state index contributed by atoms with van der Waals surface area (Å²) < 4.78 is 0. The first-order chi connectivity index (χ1) is 10.6. The van der Waals surface area contributed by atoms with Crippen LogP contribution in [0.4, 0.5) is 0 Å². The Hall–Kier alpha value is -1.88. The van der Waals surface area contributed by atoms with Crippen molar-refractivity contribution in [3.8, 4) is 0 Å². The maximum absolute atomic E-state index is 12.3. The lowest BCUT2D eigenvalue weighted by molar-refractivity contribution is -0.131. The van der Waals surface area contributed by atoms with E-state index in [1.54, 1.807) is 6.92 Å². The van der Waals surface area contributed by atoms with E-state index in [-0.39, 0.29) is 23.4 Å². The quantitative estimate of drug-likeness (QED) is 0.842. The molecule has 1 aromatic carbocycles. The van der Waals surface area contributed by atoms with Crippen molar-refractivity contribution in [2.24, 2.45) is 0 Å². The van der Waals surface area contributed by atoms with Crippen LogP contribution in [0.15, 0.2) is 30.3 Å². The summed E-state index contributed by atoms with van der Waals surface area (Å²) >= 11 is 0. The molecular weight excluding hydrogens is 290 g/mol. The first kappa shape index (κ1) is 19.2. The number of rotatable bonds is 6. The molecule has 0 fully saturated rings. The lowest BCUT2D eigenvalue weighted by atomic mass is 10.1. The molecule has 0 radical (unpaired) electrons. The monoisotopic (exact) mass is 319 g/mol. The normalized spacial score (nSPS) is 14.2. The standard InChI is InChI=1S/C18H29N3O2/c1-13(16(22)20-18(3,4)5)19-17(23)14(2)21(6)12-15-10-8-7-9-11-15/h7-11,13-14H,12H2,1-6H3,(H,19,23)(H,20,22)/t13-,14+/m0/s1. The highest BCUT2D eigenvalue weighted by Gasteiger charge is 2.24. The first-order valence-electron chi connectivity index (χ1n) is 7.96. The van der Waals surface area contributed by atoms with E-state index < -0.39 is 6.04 Å². The van der Waals surface area contributed by atoms with E-state index in [0.717, 1.165) is 5.56 Å². The summed E-state index contributed by atoms with van der Waals surface area (Å²) in [6.07, 6.45) is 0. The molecule has 5 nitrogen and oxygen atoms in total. The zero-order chi connectivity index (χ0) is 17.6. The number of hydrogen-bond donors (Lipinski definition) is 2. The van der Waals surface area contributed by atoms with Gasteiger partial charge < -0.3 is 10.6 Å². The van der Waals surface area contributed by atoms with Crippen molar-refractivity contribution >= 4 is 11.8 Å². The highest BCUT2D eigenvalue weighted by atomic mass is 16.2.